The number of nitrogens with zero attached hydrogens (tertiary/aromatic N) is 1. The summed E-state index contributed by atoms with van der Waals surface area (Å²) in [6.45, 7) is 0.466. The predicted molar refractivity (Wildman–Crippen MR) is 99.7 cm³/mol. The molecule has 0 saturated carbocycles. The molecule has 23 heavy (non-hydrogen) atoms. The minimum atomic E-state index is -3.63. The standard InChI is InChI=1S/C15H12BrCl2NO2S2/c16-11-3-1-10(2-4-11)15-19(7-8-22-15)23(20,21)12-5-6-13(17)14(18)9-12/h1-6,9,15H,7-8H2/t15-/m1/s1. The van der Waals surface area contributed by atoms with Crippen LogP contribution < -0.4 is 0 Å². The topological polar surface area (TPSA) is 37.4 Å². The van der Waals surface area contributed by atoms with Gasteiger partial charge in [-0.05, 0) is 35.9 Å². The highest BCUT2D eigenvalue weighted by Gasteiger charge is 2.37. The highest BCUT2D eigenvalue weighted by molar-refractivity contribution is 9.10. The van der Waals surface area contributed by atoms with Crippen LogP contribution in [-0.4, -0.2) is 25.0 Å². The minimum absolute atomic E-state index is 0.163. The highest BCUT2D eigenvalue weighted by Crippen LogP contribution is 2.42. The van der Waals surface area contributed by atoms with E-state index in [4.69, 9.17) is 23.2 Å². The Balaban J connectivity index is 1.97. The van der Waals surface area contributed by atoms with Gasteiger partial charge in [0.15, 0.2) is 0 Å². The molecule has 0 radical (unpaired) electrons. The SMILES string of the molecule is O=S(=O)(c1ccc(Cl)c(Cl)c1)N1CCS[C@@H]1c1ccc(Br)cc1. The summed E-state index contributed by atoms with van der Waals surface area (Å²) < 4.78 is 28.4. The van der Waals surface area contributed by atoms with E-state index in [2.05, 4.69) is 15.9 Å². The first kappa shape index (κ1) is 17.6. The fraction of sp³-hybridized carbons (Fsp3) is 0.200. The molecule has 1 aliphatic rings. The van der Waals surface area contributed by atoms with Gasteiger partial charge < -0.3 is 0 Å². The zero-order valence-electron chi connectivity index (χ0n) is 11.7. The molecular weight excluding hydrogens is 441 g/mol. The largest absolute Gasteiger partial charge is 0.244 e. The summed E-state index contributed by atoms with van der Waals surface area (Å²) in [4.78, 5) is 0.163. The van der Waals surface area contributed by atoms with E-state index in [-0.39, 0.29) is 15.3 Å². The lowest BCUT2D eigenvalue weighted by Gasteiger charge is -2.23. The molecule has 0 unspecified atom stereocenters. The first-order valence-electron chi connectivity index (χ1n) is 6.73. The van der Waals surface area contributed by atoms with Crippen LogP contribution in [0.25, 0.3) is 0 Å². The summed E-state index contributed by atoms with van der Waals surface area (Å²) in [5.41, 5.74) is 0.958. The molecule has 1 saturated heterocycles. The summed E-state index contributed by atoms with van der Waals surface area (Å²) in [6.07, 6.45) is 0. The Bertz CT molecular complexity index is 828. The summed E-state index contributed by atoms with van der Waals surface area (Å²) in [7, 11) is -3.63. The molecule has 3 rings (SSSR count). The lowest BCUT2D eigenvalue weighted by Crippen LogP contribution is -2.30. The second kappa shape index (κ2) is 6.94. The summed E-state index contributed by atoms with van der Waals surface area (Å²) in [6, 6.07) is 12.1. The summed E-state index contributed by atoms with van der Waals surface area (Å²) in [5.74, 6) is 0.751. The Morgan fingerprint density at radius 2 is 1.78 bits per heavy atom. The monoisotopic (exact) mass is 451 g/mol. The van der Waals surface area contributed by atoms with Crippen molar-refractivity contribution in [2.24, 2.45) is 0 Å². The number of benzene rings is 2. The van der Waals surface area contributed by atoms with Crippen molar-refractivity contribution in [3.63, 3.8) is 0 Å². The van der Waals surface area contributed by atoms with Crippen LogP contribution in [0.5, 0.6) is 0 Å². The van der Waals surface area contributed by atoms with Crippen molar-refractivity contribution < 1.29 is 8.42 Å². The van der Waals surface area contributed by atoms with Crippen LogP contribution in [0, 0.1) is 0 Å². The van der Waals surface area contributed by atoms with Crippen molar-refractivity contribution in [2.45, 2.75) is 10.3 Å². The normalized spacial score (nSPS) is 19.2. The average Bonchev–Trinajstić information content (AvgIpc) is 3.01. The van der Waals surface area contributed by atoms with Crippen LogP contribution in [0.15, 0.2) is 51.8 Å². The molecule has 8 heteroatoms. The molecule has 0 spiro atoms. The van der Waals surface area contributed by atoms with Gasteiger partial charge in [-0.2, -0.15) is 4.31 Å². The van der Waals surface area contributed by atoms with Gasteiger partial charge in [0.05, 0.1) is 20.3 Å². The number of thioether (sulfide) groups is 1. The second-order valence-corrected chi connectivity index (χ2v) is 9.78. The fourth-order valence-corrected chi connectivity index (χ4v) is 6.26. The Morgan fingerprint density at radius 1 is 1.09 bits per heavy atom. The van der Waals surface area contributed by atoms with Crippen molar-refractivity contribution in [1.29, 1.82) is 0 Å². The molecule has 1 fully saturated rings. The van der Waals surface area contributed by atoms with Gasteiger partial charge in [0.1, 0.15) is 0 Å². The van der Waals surface area contributed by atoms with Crippen LogP contribution in [0.4, 0.5) is 0 Å². The molecule has 1 aliphatic heterocycles. The van der Waals surface area contributed by atoms with Crippen molar-refractivity contribution in [3.8, 4) is 0 Å². The third-order valence-corrected chi connectivity index (χ3v) is 8.02. The van der Waals surface area contributed by atoms with E-state index < -0.39 is 10.0 Å². The van der Waals surface area contributed by atoms with E-state index in [9.17, 15) is 8.42 Å². The molecule has 1 atom stereocenters. The molecule has 0 amide bonds. The number of hydrogen-bond acceptors (Lipinski definition) is 3. The van der Waals surface area contributed by atoms with Crippen molar-refractivity contribution in [2.75, 3.05) is 12.3 Å². The summed E-state index contributed by atoms with van der Waals surface area (Å²) in [5, 5.41) is 0.341. The fourth-order valence-electron chi connectivity index (χ4n) is 2.36. The number of halogens is 3. The molecule has 122 valence electrons. The molecule has 1 heterocycles. The third kappa shape index (κ3) is 3.57. The molecular formula is C15H12BrCl2NO2S2. The van der Waals surface area contributed by atoms with Crippen molar-refractivity contribution >= 4 is 60.9 Å². The first-order valence-corrected chi connectivity index (χ1v) is 10.8. The molecule has 0 aliphatic carbocycles. The zero-order valence-corrected chi connectivity index (χ0v) is 16.5. The van der Waals surface area contributed by atoms with Gasteiger partial charge in [-0.3, -0.25) is 0 Å². The van der Waals surface area contributed by atoms with E-state index in [1.165, 1.54) is 22.5 Å². The third-order valence-electron chi connectivity index (χ3n) is 3.50. The van der Waals surface area contributed by atoms with E-state index >= 15 is 0 Å². The van der Waals surface area contributed by atoms with Crippen molar-refractivity contribution in [3.05, 3.63) is 62.5 Å². The summed E-state index contributed by atoms with van der Waals surface area (Å²) >= 11 is 16.9. The molecule has 3 nitrogen and oxygen atoms in total. The quantitative estimate of drug-likeness (QED) is 0.642. The zero-order chi connectivity index (χ0) is 16.6. The molecule has 0 aromatic heterocycles. The molecule has 0 bridgehead atoms. The van der Waals surface area contributed by atoms with Gasteiger partial charge in [-0.1, -0.05) is 51.3 Å². The highest BCUT2D eigenvalue weighted by atomic mass is 79.9. The lowest BCUT2D eigenvalue weighted by atomic mass is 10.2. The second-order valence-electron chi connectivity index (χ2n) is 4.97. The van der Waals surface area contributed by atoms with E-state index in [1.54, 1.807) is 11.8 Å². The van der Waals surface area contributed by atoms with Crippen LogP contribution in [0.1, 0.15) is 10.9 Å². The van der Waals surface area contributed by atoms with Crippen molar-refractivity contribution in [1.82, 2.24) is 4.31 Å². The van der Waals surface area contributed by atoms with Gasteiger partial charge in [0, 0.05) is 16.8 Å². The predicted octanol–water partition coefficient (Wildman–Crippen LogP) is 5.19. The first-order chi connectivity index (χ1) is 10.9. The van der Waals surface area contributed by atoms with Gasteiger partial charge in [-0.25, -0.2) is 8.42 Å². The van der Waals surface area contributed by atoms with Crippen LogP contribution in [-0.2, 0) is 10.0 Å². The number of sulfonamides is 1. The maximum atomic E-state index is 13.0. The van der Waals surface area contributed by atoms with E-state index in [0.717, 1.165) is 15.8 Å². The molecule has 0 N–H and O–H groups in total. The van der Waals surface area contributed by atoms with Crippen LogP contribution >= 0.6 is 50.9 Å². The van der Waals surface area contributed by atoms with Crippen LogP contribution in [0.2, 0.25) is 10.0 Å². The van der Waals surface area contributed by atoms with E-state index in [1.807, 2.05) is 24.3 Å². The number of rotatable bonds is 3. The smallest absolute Gasteiger partial charge is 0.207 e. The van der Waals surface area contributed by atoms with Gasteiger partial charge >= 0.3 is 0 Å². The molecule has 2 aromatic rings. The Hall–Kier alpha value is -0.240. The maximum Gasteiger partial charge on any atom is 0.244 e. The maximum absolute atomic E-state index is 13.0. The Kier molecular flexibility index (Phi) is 5.30. The number of hydrogen-bond donors (Lipinski definition) is 0. The van der Waals surface area contributed by atoms with Gasteiger partial charge in [0.2, 0.25) is 10.0 Å². The van der Waals surface area contributed by atoms with Gasteiger partial charge in [0.25, 0.3) is 0 Å². The Labute approximate surface area is 158 Å². The van der Waals surface area contributed by atoms with Crippen LogP contribution in [0.3, 0.4) is 0 Å². The van der Waals surface area contributed by atoms with Gasteiger partial charge in [-0.15, -0.1) is 11.8 Å². The molecule has 2 aromatic carbocycles. The van der Waals surface area contributed by atoms with E-state index in [0.29, 0.717) is 11.6 Å². The minimum Gasteiger partial charge on any atom is -0.207 e. The lowest BCUT2D eigenvalue weighted by molar-refractivity contribution is 0.434. The Morgan fingerprint density at radius 3 is 2.43 bits per heavy atom. The average molecular weight is 453 g/mol.